The highest BCUT2D eigenvalue weighted by atomic mass is 35.5. The van der Waals surface area contributed by atoms with Crippen LogP contribution in [0.1, 0.15) is 52.4 Å². The molecule has 1 aliphatic carbocycles. The third kappa shape index (κ3) is 6.00. The quantitative estimate of drug-likeness (QED) is 0.614. The maximum absolute atomic E-state index is 12.2. The molecule has 0 bridgehead atoms. The summed E-state index contributed by atoms with van der Waals surface area (Å²) in [5.74, 6) is 0.0497. The van der Waals surface area contributed by atoms with Gasteiger partial charge in [-0.15, -0.1) is 12.4 Å². The van der Waals surface area contributed by atoms with Gasteiger partial charge >= 0.3 is 0 Å². The summed E-state index contributed by atoms with van der Waals surface area (Å²) in [6.45, 7) is 4.89. The van der Waals surface area contributed by atoms with Crippen LogP contribution in [0.5, 0.6) is 0 Å². The summed E-state index contributed by atoms with van der Waals surface area (Å²) in [6, 6.07) is 2.34. The molecule has 2 aliphatic rings. The molecule has 0 spiro atoms. The van der Waals surface area contributed by atoms with Crippen LogP contribution < -0.4 is 5.32 Å². The van der Waals surface area contributed by atoms with E-state index in [9.17, 15) is 4.79 Å². The van der Waals surface area contributed by atoms with Crippen LogP contribution in [0.15, 0.2) is 5.16 Å². The van der Waals surface area contributed by atoms with Gasteiger partial charge in [-0.05, 0) is 52.4 Å². The maximum atomic E-state index is 12.2. The molecule has 1 N–H and O–H groups in total. The lowest BCUT2D eigenvalue weighted by Gasteiger charge is -2.28. The first-order chi connectivity index (χ1) is 10.6. The Bertz CT molecular complexity index is 451. The zero-order valence-electron chi connectivity index (χ0n) is 14.0. The number of carbonyl (C=O) groups is 1. The van der Waals surface area contributed by atoms with Crippen molar-refractivity contribution in [1.82, 2.24) is 10.2 Å². The van der Waals surface area contributed by atoms with E-state index in [1.165, 1.54) is 0 Å². The van der Waals surface area contributed by atoms with Gasteiger partial charge < -0.3 is 15.1 Å². The lowest BCUT2D eigenvalue weighted by atomic mass is 9.93. The molecule has 7 heteroatoms. The van der Waals surface area contributed by atoms with Gasteiger partial charge in [0, 0.05) is 12.6 Å². The van der Waals surface area contributed by atoms with Crippen LogP contribution in [0, 0.1) is 11.3 Å². The first kappa shape index (κ1) is 19.7. The highest BCUT2D eigenvalue weighted by Gasteiger charge is 2.29. The van der Waals surface area contributed by atoms with Crippen LogP contribution in [-0.2, 0) is 9.63 Å². The molecule has 130 valence electrons. The fourth-order valence-corrected chi connectivity index (χ4v) is 3.08. The standard InChI is InChI=1S/C16H26N4O2.ClH/c1-12(2)19-22-15-7-5-13(6-8-15)18-11-16(21)20-9-3-4-14(20)10-17;/h13-15,18H,3-9,11H2,1-2H3;1H/t13-,14-,15+;/m0./s1. The molecule has 1 saturated heterocycles. The first-order valence-electron chi connectivity index (χ1n) is 8.19. The molecule has 6 nitrogen and oxygen atoms in total. The van der Waals surface area contributed by atoms with Gasteiger partial charge in [-0.1, -0.05) is 5.16 Å². The molecular formula is C16H27ClN4O2. The Morgan fingerprint density at radius 1 is 1.30 bits per heavy atom. The van der Waals surface area contributed by atoms with Gasteiger partial charge in [0.25, 0.3) is 0 Å². The molecule has 0 aromatic heterocycles. The van der Waals surface area contributed by atoms with Crippen molar-refractivity contribution in [1.29, 1.82) is 5.26 Å². The average Bonchev–Trinajstić information content (AvgIpc) is 3.00. The Hall–Kier alpha value is -1.32. The molecule has 0 radical (unpaired) electrons. The van der Waals surface area contributed by atoms with Gasteiger partial charge in [-0.2, -0.15) is 5.26 Å². The van der Waals surface area contributed by atoms with Gasteiger partial charge in [0.05, 0.1) is 18.3 Å². The van der Waals surface area contributed by atoms with Gasteiger partial charge in [0.1, 0.15) is 12.1 Å². The van der Waals surface area contributed by atoms with E-state index >= 15 is 0 Å². The molecule has 1 aliphatic heterocycles. The molecule has 0 aromatic rings. The largest absolute Gasteiger partial charge is 0.393 e. The van der Waals surface area contributed by atoms with Crippen molar-refractivity contribution in [2.24, 2.45) is 5.16 Å². The molecule has 1 heterocycles. The lowest BCUT2D eigenvalue weighted by Crippen LogP contribution is -2.44. The van der Waals surface area contributed by atoms with Crippen molar-refractivity contribution < 1.29 is 9.63 Å². The minimum atomic E-state index is -0.228. The first-order valence-corrected chi connectivity index (χ1v) is 8.19. The second kappa shape index (κ2) is 9.74. The van der Waals surface area contributed by atoms with E-state index in [0.717, 1.165) is 44.2 Å². The number of amides is 1. The van der Waals surface area contributed by atoms with E-state index in [-0.39, 0.29) is 30.5 Å². The summed E-state index contributed by atoms with van der Waals surface area (Å²) < 4.78 is 0. The van der Waals surface area contributed by atoms with Gasteiger partial charge in [0.2, 0.25) is 5.91 Å². The zero-order chi connectivity index (χ0) is 15.9. The lowest BCUT2D eigenvalue weighted by molar-refractivity contribution is -0.130. The molecular weight excluding hydrogens is 316 g/mol. The van der Waals surface area contributed by atoms with Crippen molar-refractivity contribution in [3.63, 3.8) is 0 Å². The molecule has 2 fully saturated rings. The van der Waals surface area contributed by atoms with Crippen molar-refractivity contribution in [3.8, 4) is 6.07 Å². The van der Waals surface area contributed by atoms with E-state index in [0.29, 0.717) is 19.1 Å². The van der Waals surface area contributed by atoms with E-state index in [1.54, 1.807) is 4.90 Å². The van der Waals surface area contributed by atoms with Crippen LogP contribution in [-0.4, -0.2) is 47.8 Å². The Morgan fingerprint density at radius 2 is 2.00 bits per heavy atom. The Balaban J connectivity index is 0.00000264. The van der Waals surface area contributed by atoms with Gasteiger partial charge in [-0.3, -0.25) is 4.79 Å². The van der Waals surface area contributed by atoms with Crippen LogP contribution in [0.3, 0.4) is 0 Å². The van der Waals surface area contributed by atoms with E-state index in [2.05, 4.69) is 16.5 Å². The zero-order valence-corrected chi connectivity index (χ0v) is 14.8. The number of hydrogen-bond donors (Lipinski definition) is 1. The monoisotopic (exact) mass is 342 g/mol. The number of halogens is 1. The van der Waals surface area contributed by atoms with Crippen LogP contribution >= 0.6 is 12.4 Å². The number of nitriles is 1. The summed E-state index contributed by atoms with van der Waals surface area (Å²) in [7, 11) is 0. The number of hydrogen-bond acceptors (Lipinski definition) is 5. The minimum Gasteiger partial charge on any atom is -0.393 e. The number of nitrogens with one attached hydrogen (secondary N) is 1. The second-order valence-corrected chi connectivity index (χ2v) is 6.37. The molecule has 2 rings (SSSR count). The average molecular weight is 343 g/mol. The Labute approximate surface area is 144 Å². The number of nitrogens with zero attached hydrogens (tertiary/aromatic N) is 3. The fraction of sp³-hybridized carbons (Fsp3) is 0.812. The maximum Gasteiger partial charge on any atom is 0.237 e. The van der Waals surface area contributed by atoms with Gasteiger partial charge in [-0.25, -0.2) is 0 Å². The molecule has 0 unspecified atom stereocenters. The molecule has 1 saturated carbocycles. The van der Waals surface area contributed by atoms with Crippen molar-refractivity contribution in [2.75, 3.05) is 13.1 Å². The van der Waals surface area contributed by atoms with Crippen LogP contribution in [0.4, 0.5) is 0 Å². The predicted octanol–water partition coefficient (Wildman–Crippen LogP) is 2.24. The van der Waals surface area contributed by atoms with E-state index in [1.807, 2.05) is 13.8 Å². The second-order valence-electron chi connectivity index (χ2n) is 6.37. The predicted molar refractivity (Wildman–Crippen MR) is 91.5 cm³/mol. The van der Waals surface area contributed by atoms with E-state index in [4.69, 9.17) is 10.1 Å². The molecule has 1 atom stereocenters. The number of oxime groups is 1. The van der Waals surface area contributed by atoms with Crippen molar-refractivity contribution in [3.05, 3.63) is 0 Å². The smallest absolute Gasteiger partial charge is 0.237 e. The SMILES string of the molecule is CC(C)=NO[C@H]1CC[C@@H](NCC(=O)N2CCC[C@H]2C#N)CC1.Cl. The van der Waals surface area contributed by atoms with Crippen molar-refractivity contribution >= 4 is 24.0 Å². The topological polar surface area (TPSA) is 77.7 Å². The highest BCUT2D eigenvalue weighted by Crippen LogP contribution is 2.22. The van der Waals surface area contributed by atoms with E-state index < -0.39 is 0 Å². The minimum absolute atomic E-state index is 0. The third-order valence-corrected chi connectivity index (χ3v) is 4.32. The summed E-state index contributed by atoms with van der Waals surface area (Å²) in [6.07, 6.45) is 5.87. The van der Waals surface area contributed by atoms with Crippen LogP contribution in [0.2, 0.25) is 0 Å². The highest BCUT2D eigenvalue weighted by molar-refractivity contribution is 5.85. The summed E-state index contributed by atoms with van der Waals surface area (Å²) in [5.41, 5.74) is 0.934. The number of carbonyl (C=O) groups excluding carboxylic acids is 1. The number of likely N-dealkylation sites (tertiary alicyclic amines) is 1. The summed E-state index contributed by atoms with van der Waals surface area (Å²) >= 11 is 0. The number of rotatable bonds is 5. The van der Waals surface area contributed by atoms with Crippen LogP contribution in [0.25, 0.3) is 0 Å². The fourth-order valence-electron chi connectivity index (χ4n) is 3.08. The molecule has 1 amide bonds. The Morgan fingerprint density at radius 3 is 2.61 bits per heavy atom. The van der Waals surface area contributed by atoms with Gasteiger partial charge in [0.15, 0.2) is 0 Å². The molecule has 23 heavy (non-hydrogen) atoms. The Kier molecular flexibility index (Phi) is 8.35. The molecule has 0 aromatic carbocycles. The normalized spacial score (nSPS) is 26.8. The summed E-state index contributed by atoms with van der Waals surface area (Å²) in [5, 5.41) is 16.4. The summed E-state index contributed by atoms with van der Waals surface area (Å²) in [4.78, 5) is 19.4. The third-order valence-electron chi connectivity index (χ3n) is 4.32. The van der Waals surface area contributed by atoms with Crippen molar-refractivity contribution in [2.45, 2.75) is 70.6 Å².